The molecule has 0 radical (unpaired) electrons. The molecule has 0 aromatic heterocycles. The predicted octanol–water partition coefficient (Wildman–Crippen LogP) is 3.78. The Labute approximate surface area is 172 Å². The van der Waals surface area contributed by atoms with E-state index in [1.807, 2.05) is 62.1 Å². The van der Waals surface area contributed by atoms with Crippen LogP contribution < -0.4 is 15.0 Å². The van der Waals surface area contributed by atoms with Gasteiger partial charge in [0.05, 0.1) is 6.10 Å². The van der Waals surface area contributed by atoms with E-state index < -0.39 is 0 Å². The number of amides is 2. The highest BCUT2D eigenvalue weighted by Crippen LogP contribution is 2.21. The topological polar surface area (TPSA) is 61.9 Å². The fourth-order valence-electron chi connectivity index (χ4n) is 3.38. The van der Waals surface area contributed by atoms with Gasteiger partial charge in [0, 0.05) is 49.5 Å². The summed E-state index contributed by atoms with van der Waals surface area (Å²) in [6.07, 6.45) is 0.615. The third-order valence-corrected chi connectivity index (χ3v) is 4.89. The lowest BCUT2D eigenvalue weighted by Gasteiger charge is -2.36. The van der Waals surface area contributed by atoms with E-state index in [1.54, 1.807) is 12.1 Å². The first-order valence-electron chi connectivity index (χ1n) is 10.2. The van der Waals surface area contributed by atoms with Crippen LogP contribution >= 0.6 is 0 Å². The van der Waals surface area contributed by atoms with Gasteiger partial charge in [-0.05, 0) is 56.3 Å². The maximum atomic E-state index is 12.6. The zero-order valence-electron chi connectivity index (χ0n) is 17.4. The van der Waals surface area contributed by atoms with Crippen molar-refractivity contribution in [1.82, 2.24) is 4.90 Å². The molecule has 0 saturated carbocycles. The van der Waals surface area contributed by atoms with E-state index in [2.05, 4.69) is 10.2 Å². The van der Waals surface area contributed by atoms with Gasteiger partial charge in [0.25, 0.3) is 5.91 Å². The van der Waals surface area contributed by atoms with Crippen LogP contribution in [-0.2, 0) is 4.79 Å². The van der Waals surface area contributed by atoms with Crippen LogP contribution in [0.3, 0.4) is 0 Å². The van der Waals surface area contributed by atoms with Crippen molar-refractivity contribution in [1.29, 1.82) is 0 Å². The van der Waals surface area contributed by atoms with E-state index in [9.17, 15) is 9.59 Å². The van der Waals surface area contributed by atoms with E-state index in [0.29, 0.717) is 17.7 Å². The number of carbonyl (C=O) groups excluding carboxylic acids is 2. The van der Waals surface area contributed by atoms with Crippen molar-refractivity contribution in [3.63, 3.8) is 0 Å². The molecule has 1 heterocycles. The number of ether oxygens (including phenoxy) is 1. The Kier molecular flexibility index (Phi) is 6.75. The second kappa shape index (κ2) is 9.45. The van der Waals surface area contributed by atoms with Gasteiger partial charge in [0.15, 0.2) is 0 Å². The van der Waals surface area contributed by atoms with Crippen LogP contribution in [0.15, 0.2) is 48.5 Å². The SMILES string of the molecule is CCC(=O)N1CCN(c2ccc(NC(=O)c3cccc(OC(C)C)c3)cc2)CC1. The van der Waals surface area contributed by atoms with Crippen molar-refractivity contribution in [3.05, 3.63) is 54.1 Å². The molecular weight excluding hydrogens is 366 g/mol. The summed E-state index contributed by atoms with van der Waals surface area (Å²) in [5.41, 5.74) is 2.40. The number of benzene rings is 2. The summed E-state index contributed by atoms with van der Waals surface area (Å²) >= 11 is 0. The Bertz CT molecular complexity index is 841. The normalized spacial score (nSPS) is 14.1. The fraction of sp³-hybridized carbons (Fsp3) is 0.391. The summed E-state index contributed by atoms with van der Waals surface area (Å²) in [5.74, 6) is 0.730. The van der Waals surface area contributed by atoms with Crippen LogP contribution in [-0.4, -0.2) is 49.0 Å². The van der Waals surface area contributed by atoms with Gasteiger partial charge in [0.1, 0.15) is 5.75 Å². The molecule has 0 unspecified atom stereocenters. The largest absolute Gasteiger partial charge is 0.491 e. The molecule has 1 saturated heterocycles. The van der Waals surface area contributed by atoms with Crippen molar-refractivity contribution in [2.45, 2.75) is 33.3 Å². The molecule has 3 rings (SSSR count). The van der Waals surface area contributed by atoms with E-state index in [0.717, 1.165) is 37.6 Å². The molecule has 0 bridgehead atoms. The van der Waals surface area contributed by atoms with E-state index in [1.165, 1.54) is 0 Å². The number of hydrogen-bond donors (Lipinski definition) is 1. The summed E-state index contributed by atoms with van der Waals surface area (Å²) in [6.45, 7) is 8.95. The molecule has 0 atom stereocenters. The van der Waals surface area contributed by atoms with Crippen molar-refractivity contribution in [3.8, 4) is 5.75 Å². The second-order valence-corrected chi connectivity index (χ2v) is 7.42. The van der Waals surface area contributed by atoms with Gasteiger partial charge in [-0.2, -0.15) is 0 Å². The predicted molar refractivity (Wildman–Crippen MR) is 116 cm³/mol. The summed E-state index contributed by atoms with van der Waals surface area (Å²) in [6, 6.07) is 15.0. The number of rotatable bonds is 6. The lowest BCUT2D eigenvalue weighted by atomic mass is 10.2. The monoisotopic (exact) mass is 395 g/mol. The minimum absolute atomic E-state index is 0.0582. The highest BCUT2D eigenvalue weighted by molar-refractivity contribution is 6.04. The average Bonchev–Trinajstić information content (AvgIpc) is 2.73. The fourth-order valence-corrected chi connectivity index (χ4v) is 3.38. The smallest absolute Gasteiger partial charge is 0.255 e. The number of carbonyl (C=O) groups is 2. The first-order chi connectivity index (χ1) is 14.0. The van der Waals surface area contributed by atoms with Gasteiger partial charge in [0.2, 0.25) is 5.91 Å². The van der Waals surface area contributed by atoms with Crippen molar-refractivity contribution < 1.29 is 14.3 Å². The van der Waals surface area contributed by atoms with Crippen LogP contribution in [0.2, 0.25) is 0 Å². The van der Waals surface area contributed by atoms with Crippen LogP contribution in [0.5, 0.6) is 5.75 Å². The third kappa shape index (κ3) is 5.50. The van der Waals surface area contributed by atoms with Gasteiger partial charge in [-0.3, -0.25) is 9.59 Å². The standard InChI is InChI=1S/C23H29N3O3/c1-4-22(27)26-14-12-25(13-15-26)20-10-8-19(9-11-20)24-23(28)18-6-5-7-21(16-18)29-17(2)3/h5-11,16-17H,4,12-15H2,1-3H3,(H,24,28). The van der Waals surface area contributed by atoms with Crippen LogP contribution in [0, 0.1) is 0 Å². The Morgan fingerprint density at radius 1 is 1.03 bits per heavy atom. The first-order valence-corrected chi connectivity index (χ1v) is 10.2. The highest BCUT2D eigenvalue weighted by Gasteiger charge is 2.20. The average molecular weight is 396 g/mol. The lowest BCUT2D eigenvalue weighted by Crippen LogP contribution is -2.48. The number of nitrogens with one attached hydrogen (secondary N) is 1. The molecule has 6 nitrogen and oxygen atoms in total. The lowest BCUT2D eigenvalue weighted by molar-refractivity contribution is -0.131. The zero-order valence-corrected chi connectivity index (χ0v) is 17.4. The third-order valence-electron chi connectivity index (χ3n) is 4.89. The molecule has 1 aliphatic rings. The molecule has 1 aliphatic heterocycles. The van der Waals surface area contributed by atoms with Gasteiger partial charge in [-0.25, -0.2) is 0 Å². The van der Waals surface area contributed by atoms with E-state index in [4.69, 9.17) is 4.74 Å². The molecule has 2 aromatic rings. The molecule has 2 amide bonds. The van der Waals surface area contributed by atoms with Gasteiger partial charge in [-0.1, -0.05) is 13.0 Å². The van der Waals surface area contributed by atoms with E-state index >= 15 is 0 Å². The summed E-state index contributed by atoms with van der Waals surface area (Å²) < 4.78 is 5.66. The minimum Gasteiger partial charge on any atom is -0.491 e. The number of hydrogen-bond acceptors (Lipinski definition) is 4. The van der Waals surface area contributed by atoms with Crippen LogP contribution in [0.25, 0.3) is 0 Å². The van der Waals surface area contributed by atoms with E-state index in [-0.39, 0.29) is 17.9 Å². The molecule has 0 spiro atoms. The van der Waals surface area contributed by atoms with Gasteiger partial charge < -0.3 is 19.9 Å². The van der Waals surface area contributed by atoms with Crippen molar-refractivity contribution in [2.75, 3.05) is 36.4 Å². The highest BCUT2D eigenvalue weighted by atomic mass is 16.5. The number of piperazine rings is 1. The van der Waals surface area contributed by atoms with Gasteiger partial charge in [-0.15, -0.1) is 0 Å². The summed E-state index contributed by atoms with van der Waals surface area (Å²) in [5, 5.41) is 2.93. The Morgan fingerprint density at radius 3 is 2.34 bits per heavy atom. The maximum absolute atomic E-state index is 12.6. The number of nitrogens with zero attached hydrogens (tertiary/aromatic N) is 2. The molecule has 154 valence electrons. The van der Waals surface area contributed by atoms with Gasteiger partial charge >= 0.3 is 0 Å². The van der Waals surface area contributed by atoms with Crippen molar-refractivity contribution >= 4 is 23.2 Å². The molecule has 6 heteroatoms. The second-order valence-electron chi connectivity index (χ2n) is 7.42. The van der Waals surface area contributed by atoms with Crippen molar-refractivity contribution in [2.24, 2.45) is 0 Å². The van der Waals surface area contributed by atoms with Crippen LogP contribution in [0.1, 0.15) is 37.6 Å². The quantitative estimate of drug-likeness (QED) is 0.809. The molecule has 1 N–H and O–H groups in total. The summed E-state index contributed by atoms with van der Waals surface area (Å²) in [4.78, 5) is 28.5. The van der Waals surface area contributed by atoms with Crippen LogP contribution in [0.4, 0.5) is 11.4 Å². The Hall–Kier alpha value is -3.02. The Balaban J connectivity index is 1.58. The molecule has 2 aromatic carbocycles. The zero-order chi connectivity index (χ0) is 20.8. The molecule has 0 aliphatic carbocycles. The Morgan fingerprint density at radius 2 is 1.72 bits per heavy atom. The summed E-state index contributed by atoms with van der Waals surface area (Å²) in [7, 11) is 0. The molecule has 29 heavy (non-hydrogen) atoms. The minimum atomic E-state index is -0.168. The first kappa shape index (κ1) is 20.7. The molecular formula is C23H29N3O3. The maximum Gasteiger partial charge on any atom is 0.255 e. The number of anilines is 2. The molecule has 1 fully saturated rings.